The summed E-state index contributed by atoms with van der Waals surface area (Å²) in [7, 11) is 0. The number of aromatic nitrogens is 2. The largest absolute Gasteiger partial charge is 0.365 e. The molecule has 20 heavy (non-hydrogen) atoms. The van der Waals surface area contributed by atoms with E-state index >= 15 is 0 Å². The second-order valence-corrected chi connectivity index (χ2v) is 4.39. The van der Waals surface area contributed by atoms with Gasteiger partial charge in [0.25, 0.3) is 0 Å². The minimum absolute atomic E-state index is 0.00899. The first kappa shape index (κ1) is 14.3. The lowest BCUT2D eigenvalue weighted by Crippen LogP contribution is -2.08. The van der Waals surface area contributed by atoms with E-state index in [4.69, 9.17) is 11.6 Å². The third-order valence-corrected chi connectivity index (χ3v) is 2.87. The van der Waals surface area contributed by atoms with Crippen molar-refractivity contribution < 1.29 is 13.6 Å². The number of nitrogens with one attached hydrogen (secondary N) is 1. The Kier molecular flexibility index (Phi) is 4.24. The van der Waals surface area contributed by atoms with Crippen molar-refractivity contribution in [2.24, 2.45) is 0 Å². The Morgan fingerprint density at radius 1 is 1.35 bits per heavy atom. The molecule has 0 aliphatic rings. The van der Waals surface area contributed by atoms with Gasteiger partial charge in [-0.2, -0.15) is 0 Å². The van der Waals surface area contributed by atoms with Gasteiger partial charge in [0.1, 0.15) is 28.4 Å². The Balaban J connectivity index is 2.27. The molecule has 0 fully saturated rings. The Morgan fingerprint density at radius 3 is 2.80 bits per heavy atom. The number of nitrogens with zero attached hydrogens (tertiary/aromatic N) is 2. The first-order valence-electron chi connectivity index (χ1n) is 5.68. The molecule has 1 aromatic carbocycles. The fraction of sp³-hybridized carbons (Fsp3) is 0.154. The van der Waals surface area contributed by atoms with E-state index in [1.165, 1.54) is 0 Å². The van der Waals surface area contributed by atoms with Gasteiger partial charge in [-0.25, -0.2) is 18.7 Å². The highest BCUT2D eigenvalue weighted by molar-refractivity contribution is 6.32. The van der Waals surface area contributed by atoms with Gasteiger partial charge in [-0.05, 0) is 25.1 Å². The van der Waals surface area contributed by atoms with Crippen LogP contribution >= 0.6 is 11.6 Å². The summed E-state index contributed by atoms with van der Waals surface area (Å²) >= 11 is 5.82. The fourth-order valence-corrected chi connectivity index (χ4v) is 1.90. The lowest BCUT2D eigenvalue weighted by atomic mass is 10.2. The van der Waals surface area contributed by atoms with Gasteiger partial charge in [0.05, 0.1) is 5.56 Å². The number of rotatable bonds is 4. The van der Waals surface area contributed by atoms with E-state index in [-0.39, 0.29) is 28.6 Å². The fourth-order valence-electron chi connectivity index (χ4n) is 1.64. The predicted octanol–water partition coefficient (Wildman–Crippen LogP) is 3.14. The molecule has 0 unspecified atom stereocenters. The molecule has 1 aromatic heterocycles. The zero-order chi connectivity index (χ0) is 14.7. The van der Waals surface area contributed by atoms with Crippen molar-refractivity contribution in [2.75, 3.05) is 5.32 Å². The molecule has 1 N–H and O–H groups in total. The molecule has 7 heteroatoms. The van der Waals surface area contributed by atoms with Crippen LogP contribution in [-0.2, 0) is 6.54 Å². The van der Waals surface area contributed by atoms with E-state index in [0.29, 0.717) is 12.1 Å². The van der Waals surface area contributed by atoms with Crippen LogP contribution in [0.2, 0.25) is 5.15 Å². The number of hydrogen-bond acceptors (Lipinski definition) is 4. The zero-order valence-corrected chi connectivity index (χ0v) is 11.2. The van der Waals surface area contributed by atoms with E-state index < -0.39 is 11.6 Å². The third-order valence-electron chi connectivity index (χ3n) is 2.58. The minimum Gasteiger partial charge on any atom is -0.365 e. The van der Waals surface area contributed by atoms with Gasteiger partial charge in [-0.3, -0.25) is 4.79 Å². The summed E-state index contributed by atoms with van der Waals surface area (Å²) in [4.78, 5) is 18.8. The van der Waals surface area contributed by atoms with Gasteiger partial charge in [-0.15, -0.1) is 0 Å². The zero-order valence-electron chi connectivity index (χ0n) is 10.5. The summed E-state index contributed by atoms with van der Waals surface area (Å²) < 4.78 is 26.5. The number of aryl methyl sites for hydroxylation is 1. The van der Waals surface area contributed by atoms with E-state index in [2.05, 4.69) is 15.3 Å². The molecule has 104 valence electrons. The second kappa shape index (κ2) is 5.92. The first-order valence-corrected chi connectivity index (χ1v) is 6.06. The number of anilines is 1. The Bertz CT molecular complexity index is 664. The van der Waals surface area contributed by atoms with Crippen LogP contribution in [0, 0.1) is 18.6 Å². The summed E-state index contributed by atoms with van der Waals surface area (Å²) in [5.41, 5.74) is 0.198. The summed E-state index contributed by atoms with van der Waals surface area (Å²) in [6.07, 6.45) is 0.506. The van der Waals surface area contributed by atoms with Crippen molar-refractivity contribution in [3.8, 4) is 0 Å². The highest BCUT2D eigenvalue weighted by Crippen LogP contribution is 2.20. The molecule has 0 radical (unpaired) electrons. The van der Waals surface area contributed by atoms with Gasteiger partial charge in [0, 0.05) is 12.1 Å². The third kappa shape index (κ3) is 3.08. The Labute approximate surface area is 118 Å². The summed E-state index contributed by atoms with van der Waals surface area (Å²) in [5.74, 6) is -0.553. The molecule has 0 aliphatic heterocycles. The first-order chi connectivity index (χ1) is 9.51. The predicted molar refractivity (Wildman–Crippen MR) is 70.9 cm³/mol. The van der Waals surface area contributed by atoms with E-state index in [1.807, 2.05) is 0 Å². The van der Waals surface area contributed by atoms with Gasteiger partial charge in [-0.1, -0.05) is 11.6 Å². The van der Waals surface area contributed by atoms with Gasteiger partial charge < -0.3 is 5.32 Å². The van der Waals surface area contributed by atoms with E-state index in [1.54, 1.807) is 6.92 Å². The van der Waals surface area contributed by atoms with Crippen molar-refractivity contribution in [3.63, 3.8) is 0 Å². The summed E-state index contributed by atoms with van der Waals surface area (Å²) in [5, 5.41) is 2.77. The van der Waals surface area contributed by atoms with Gasteiger partial charge in [0.15, 0.2) is 6.29 Å². The van der Waals surface area contributed by atoms with Crippen LogP contribution in [0.4, 0.5) is 14.6 Å². The molecule has 2 rings (SSSR count). The molecule has 0 amide bonds. The van der Waals surface area contributed by atoms with Crippen molar-refractivity contribution in [3.05, 3.63) is 51.9 Å². The Morgan fingerprint density at radius 2 is 2.10 bits per heavy atom. The van der Waals surface area contributed by atoms with Gasteiger partial charge in [0.2, 0.25) is 0 Å². The highest BCUT2D eigenvalue weighted by Gasteiger charge is 2.12. The number of hydrogen-bond donors (Lipinski definition) is 1. The molecule has 4 nitrogen and oxygen atoms in total. The van der Waals surface area contributed by atoms with Crippen LogP contribution in [0.3, 0.4) is 0 Å². The molecule has 0 aliphatic carbocycles. The highest BCUT2D eigenvalue weighted by atomic mass is 35.5. The maximum absolute atomic E-state index is 13.5. The SMILES string of the molecule is Cc1nc(Cl)c(C=O)c(NCc2cc(F)ccc2F)n1. The van der Waals surface area contributed by atoms with Crippen molar-refractivity contribution in [1.82, 2.24) is 9.97 Å². The number of halogens is 3. The number of carbonyl (C=O) groups is 1. The average Bonchev–Trinajstić information content (AvgIpc) is 2.39. The van der Waals surface area contributed by atoms with E-state index in [0.717, 1.165) is 18.2 Å². The normalized spacial score (nSPS) is 10.4. The molecular weight excluding hydrogens is 288 g/mol. The van der Waals surface area contributed by atoms with Crippen LogP contribution < -0.4 is 5.32 Å². The van der Waals surface area contributed by atoms with Crippen LogP contribution in [0.25, 0.3) is 0 Å². The molecule has 2 aromatic rings. The molecule has 0 saturated heterocycles. The van der Waals surface area contributed by atoms with Crippen LogP contribution in [0.5, 0.6) is 0 Å². The number of carbonyl (C=O) groups excluding carboxylic acids is 1. The van der Waals surface area contributed by atoms with Gasteiger partial charge >= 0.3 is 0 Å². The topological polar surface area (TPSA) is 54.9 Å². The van der Waals surface area contributed by atoms with Crippen LogP contribution in [-0.4, -0.2) is 16.3 Å². The standard InChI is InChI=1S/C13H10ClF2N3O/c1-7-18-12(14)10(6-20)13(19-7)17-5-8-4-9(15)2-3-11(8)16/h2-4,6H,5H2,1H3,(H,17,18,19). The minimum atomic E-state index is -0.552. The monoisotopic (exact) mass is 297 g/mol. The van der Waals surface area contributed by atoms with Crippen LogP contribution in [0.15, 0.2) is 18.2 Å². The Hall–Kier alpha value is -2.08. The second-order valence-electron chi connectivity index (χ2n) is 4.03. The van der Waals surface area contributed by atoms with Crippen molar-refractivity contribution >= 4 is 23.7 Å². The molecule has 0 bridgehead atoms. The molecular formula is C13H10ClF2N3O. The smallest absolute Gasteiger partial charge is 0.156 e. The summed E-state index contributed by atoms with van der Waals surface area (Å²) in [6.45, 7) is 1.58. The van der Waals surface area contributed by atoms with Crippen molar-refractivity contribution in [2.45, 2.75) is 13.5 Å². The summed E-state index contributed by atoms with van der Waals surface area (Å²) in [6, 6.07) is 3.13. The quantitative estimate of drug-likeness (QED) is 0.696. The molecule has 0 spiro atoms. The molecule has 0 saturated carbocycles. The van der Waals surface area contributed by atoms with Crippen molar-refractivity contribution in [1.29, 1.82) is 0 Å². The lowest BCUT2D eigenvalue weighted by Gasteiger charge is -2.10. The lowest BCUT2D eigenvalue weighted by molar-refractivity contribution is 0.112. The van der Waals surface area contributed by atoms with Crippen LogP contribution in [0.1, 0.15) is 21.7 Å². The number of benzene rings is 1. The maximum atomic E-state index is 13.5. The molecule has 1 heterocycles. The average molecular weight is 298 g/mol. The van der Waals surface area contributed by atoms with E-state index in [9.17, 15) is 13.6 Å². The molecule has 0 atom stereocenters. The maximum Gasteiger partial charge on any atom is 0.156 e. The number of aldehydes is 1.